The third-order valence-electron chi connectivity index (χ3n) is 11.3. The van der Waals surface area contributed by atoms with Crippen molar-refractivity contribution in [3.8, 4) is 45.3 Å². The molecule has 4 heterocycles. The first-order valence-electron chi connectivity index (χ1n) is 19.2. The molecule has 5 nitrogen and oxygen atoms in total. The molecule has 0 bridgehead atoms. The van der Waals surface area contributed by atoms with Crippen molar-refractivity contribution in [3.05, 3.63) is 194 Å². The molecule has 0 fully saturated rings. The van der Waals surface area contributed by atoms with Crippen LogP contribution in [0.2, 0.25) is 0 Å². The Kier molecular flexibility index (Phi) is 6.86. The van der Waals surface area contributed by atoms with Crippen molar-refractivity contribution in [3.63, 3.8) is 0 Å². The first-order valence-corrected chi connectivity index (χ1v) is 19.2. The van der Waals surface area contributed by atoms with Gasteiger partial charge < -0.3 is 13.6 Å². The highest BCUT2D eigenvalue weighted by Crippen LogP contribution is 2.39. The molecule has 0 atom stereocenters. The predicted molar refractivity (Wildman–Crippen MR) is 234 cm³/mol. The summed E-state index contributed by atoms with van der Waals surface area (Å²) in [6.45, 7) is 0. The SMILES string of the molecule is c1ccc(-c2nc(-c3cc(-n4c5ccccc5c5ccccc54)cc(-n4c5ccccc5c5ccccc54)c3)cc(-c3ccc4c(c3)oc3ccccc34)n2)cc1. The Hall–Kier alpha value is -7.76. The number of hydrogen-bond donors (Lipinski definition) is 0. The van der Waals surface area contributed by atoms with E-state index in [0.717, 1.165) is 83.5 Å². The van der Waals surface area contributed by atoms with Gasteiger partial charge in [-0.05, 0) is 66.7 Å². The normalized spacial score (nSPS) is 11.9. The second-order valence-corrected chi connectivity index (χ2v) is 14.6. The van der Waals surface area contributed by atoms with Gasteiger partial charge in [-0.1, -0.05) is 127 Å². The van der Waals surface area contributed by atoms with Crippen LogP contribution in [0.5, 0.6) is 0 Å². The Morgan fingerprint density at radius 3 is 1.33 bits per heavy atom. The summed E-state index contributed by atoms with van der Waals surface area (Å²) in [4.78, 5) is 10.5. The van der Waals surface area contributed by atoms with Crippen LogP contribution in [-0.4, -0.2) is 19.1 Å². The van der Waals surface area contributed by atoms with Crippen molar-refractivity contribution >= 4 is 65.6 Å². The lowest BCUT2D eigenvalue weighted by atomic mass is 10.0. The van der Waals surface area contributed by atoms with Gasteiger partial charge in [0.25, 0.3) is 0 Å². The summed E-state index contributed by atoms with van der Waals surface area (Å²) >= 11 is 0. The summed E-state index contributed by atoms with van der Waals surface area (Å²) < 4.78 is 11.1. The van der Waals surface area contributed by atoms with Crippen LogP contribution < -0.4 is 0 Å². The van der Waals surface area contributed by atoms with Crippen molar-refractivity contribution in [1.29, 1.82) is 0 Å². The highest BCUT2D eigenvalue weighted by Gasteiger charge is 2.19. The fraction of sp³-hybridized carbons (Fsp3) is 0. The summed E-state index contributed by atoms with van der Waals surface area (Å²) in [6.07, 6.45) is 0. The molecule has 5 heteroatoms. The molecule has 0 saturated carbocycles. The van der Waals surface area contributed by atoms with Gasteiger partial charge in [-0.3, -0.25) is 0 Å². The molecular weight excluding hydrogens is 697 g/mol. The van der Waals surface area contributed by atoms with Crippen LogP contribution in [0.3, 0.4) is 0 Å². The molecule has 0 aliphatic heterocycles. The minimum atomic E-state index is 0.661. The summed E-state index contributed by atoms with van der Waals surface area (Å²) in [5.74, 6) is 0.661. The van der Waals surface area contributed by atoms with E-state index in [1.165, 1.54) is 21.5 Å². The van der Waals surface area contributed by atoms with Gasteiger partial charge in [0.1, 0.15) is 11.2 Å². The first-order chi connectivity index (χ1) is 28.2. The van der Waals surface area contributed by atoms with Gasteiger partial charge in [-0.2, -0.15) is 0 Å². The van der Waals surface area contributed by atoms with Crippen LogP contribution in [0.25, 0.3) is 111 Å². The second-order valence-electron chi connectivity index (χ2n) is 14.6. The van der Waals surface area contributed by atoms with Gasteiger partial charge in [0.2, 0.25) is 0 Å². The molecule has 0 unspecified atom stereocenters. The molecular formula is C52H32N4O. The molecule has 57 heavy (non-hydrogen) atoms. The molecule has 12 rings (SSSR count). The van der Waals surface area contributed by atoms with E-state index in [0.29, 0.717) is 5.82 Å². The Balaban J connectivity index is 1.15. The van der Waals surface area contributed by atoms with Crippen LogP contribution in [0.4, 0.5) is 0 Å². The van der Waals surface area contributed by atoms with Crippen molar-refractivity contribution in [2.24, 2.45) is 0 Å². The van der Waals surface area contributed by atoms with Crippen molar-refractivity contribution in [2.75, 3.05) is 0 Å². The smallest absolute Gasteiger partial charge is 0.160 e. The lowest BCUT2D eigenvalue weighted by Crippen LogP contribution is -2.01. The maximum atomic E-state index is 6.35. The molecule has 0 spiro atoms. The first kappa shape index (κ1) is 31.6. The van der Waals surface area contributed by atoms with E-state index >= 15 is 0 Å². The number of rotatable bonds is 5. The van der Waals surface area contributed by atoms with E-state index in [4.69, 9.17) is 14.4 Å². The topological polar surface area (TPSA) is 48.8 Å². The van der Waals surface area contributed by atoms with E-state index < -0.39 is 0 Å². The molecule has 0 saturated heterocycles. The molecule has 0 N–H and O–H groups in total. The maximum absolute atomic E-state index is 6.35. The van der Waals surface area contributed by atoms with Crippen molar-refractivity contribution in [1.82, 2.24) is 19.1 Å². The largest absolute Gasteiger partial charge is 0.456 e. The number of nitrogens with zero attached hydrogens (tertiary/aromatic N) is 4. The van der Waals surface area contributed by atoms with Crippen LogP contribution in [0.15, 0.2) is 199 Å². The van der Waals surface area contributed by atoms with Crippen molar-refractivity contribution < 1.29 is 4.42 Å². The van der Waals surface area contributed by atoms with Gasteiger partial charge in [0, 0.05) is 60.4 Å². The van der Waals surface area contributed by atoms with Crippen LogP contribution in [-0.2, 0) is 0 Å². The molecule has 0 aliphatic carbocycles. The predicted octanol–water partition coefficient (Wildman–Crippen LogP) is 13.6. The third kappa shape index (κ3) is 4.96. The molecule has 12 aromatic rings. The fourth-order valence-electron chi connectivity index (χ4n) is 8.75. The number of benzene rings is 8. The zero-order chi connectivity index (χ0) is 37.5. The van der Waals surface area contributed by atoms with E-state index in [-0.39, 0.29) is 0 Å². The number of aromatic nitrogens is 4. The third-order valence-corrected chi connectivity index (χ3v) is 11.3. The molecule has 266 valence electrons. The van der Waals surface area contributed by atoms with Crippen molar-refractivity contribution in [2.45, 2.75) is 0 Å². The summed E-state index contributed by atoms with van der Waals surface area (Å²) in [7, 11) is 0. The van der Waals surface area contributed by atoms with E-state index in [9.17, 15) is 0 Å². The van der Waals surface area contributed by atoms with Crippen LogP contribution >= 0.6 is 0 Å². The van der Waals surface area contributed by atoms with Gasteiger partial charge >= 0.3 is 0 Å². The minimum absolute atomic E-state index is 0.661. The Labute approximate surface area is 327 Å². The van der Waals surface area contributed by atoms with Crippen LogP contribution in [0.1, 0.15) is 0 Å². The van der Waals surface area contributed by atoms with E-state index in [1.807, 2.05) is 30.3 Å². The quantitative estimate of drug-likeness (QED) is 0.177. The van der Waals surface area contributed by atoms with E-state index in [1.54, 1.807) is 0 Å². The second kappa shape index (κ2) is 12.4. The van der Waals surface area contributed by atoms with Crippen LogP contribution in [0, 0.1) is 0 Å². The molecule has 0 radical (unpaired) electrons. The average Bonchev–Trinajstić information content (AvgIpc) is 3.94. The Bertz CT molecular complexity index is 3300. The van der Waals surface area contributed by atoms with Gasteiger partial charge in [0.15, 0.2) is 5.82 Å². The number of para-hydroxylation sites is 5. The fourth-order valence-corrected chi connectivity index (χ4v) is 8.75. The zero-order valence-corrected chi connectivity index (χ0v) is 30.7. The summed E-state index contributed by atoms with van der Waals surface area (Å²) in [5.41, 5.74) is 12.9. The Morgan fingerprint density at radius 1 is 0.316 bits per heavy atom. The number of furan rings is 1. The highest BCUT2D eigenvalue weighted by molar-refractivity contribution is 6.11. The molecule has 0 aliphatic rings. The average molecular weight is 729 g/mol. The molecule has 0 amide bonds. The summed E-state index contributed by atoms with van der Waals surface area (Å²) in [6, 6.07) is 68.5. The van der Waals surface area contributed by atoms with Gasteiger partial charge in [0.05, 0.1) is 33.5 Å². The minimum Gasteiger partial charge on any atom is -0.456 e. The van der Waals surface area contributed by atoms with E-state index in [2.05, 4.69) is 173 Å². The molecule has 8 aromatic carbocycles. The van der Waals surface area contributed by atoms with Gasteiger partial charge in [-0.15, -0.1) is 0 Å². The monoisotopic (exact) mass is 728 g/mol. The Morgan fingerprint density at radius 2 is 0.772 bits per heavy atom. The summed E-state index contributed by atoms with van der Waals surface area (Å²) in [5, 5.41) is 7.05. The van der Waals surface area contributed by atoms with Gasteiger partial charge in [-0.25, -0.2) is 9.97 Å². The molecule has 4 aromatic heterocycles. The highest BCUT2D eigenvalue weighted by atomic mass is 16.3. The lowest BCUT2D eigenvalue weighted by Gasteiger charge is -2.16. The number of fused-ring (bicyclic) bond motifs is 9. The maximum Gasteiger partial charge on any atom is 0.160 e. The standard InChI is InChI=1S/C52H32N4O/c1-2-14-33(15-3-1)52-53-44(34-26-27-43-42-20-8-13-25-50(42)57-51(43)30-34)32-45(54-52)35-28-36(55-46-21-9-4-16-38(46)39-17-5-10-22-47(39)55)31-37(29-35)56-48-23-11-6-18-40(48)41-19-7-12-24-49(41)56/h1-32H. The number of hydrogen-bond acceptors (Lipinski definition) is 3. The lowest BCUT2D eigenvalue weighted by molar-refractivity contribution is 0.669. The zero-order valence-electron chi connectivity index (χ0n) is 30.7.